The number of piperidine rings is 1. The topological polar surface area (TPSA) is 36.4 Å². The number of rotatable bonds is 3. The molecule has 4 rings (SSSR count). The molecule has 2 aliphatic rings. The summed E-state index contributed by atoms with van der Waals surface area (Å²) in [6.45, 7) is 3.79. The van der Waals surface area contributed by atoms with Crippen molar-refractivity contribution in [3.8, 4) is 0 Å². The minimum Gasteiger partial charge on any atom is -0.312 e. The summed E-state index contributed by atoms with van der Waals surface area (Å²) < 4.78 is 0. The number of hydrogen-bond acceptors (Lipinski definition) is 3. The van der Waals surface area contributed by atoms with Crippen LogP contribution in [0.15, 0.2) is 48.8 Å². The standard InChI is InChI=1S/C20H23N3O/c24-20(23-14-9-17-3-1-2-4-19(17)23)18-7-12-22(13-8-18)15-16-5-10-21-11-6-16/h1-6,10-11,18H,7-9,12-15H2. The van der Waals surface area contributed by atoms with Gasteiger partial charge in [0.2, 0.25) is 5.91 Å². The molecule has 0 spiro atoms. The van der Waals surface area contributed by atoms with Crippen molar-refractivity contribution in [2.24, 2.45) is 5.92 Å². The number of nitrogens with zero attached hydrogens (tertiary/aromatic N) is 3. The van der Waals surface area contributed by atoms with Crippen molar-refractivity contribution in [3.63, 3.8) is 0 Å². The fourth-order valence-electron chi connectivity index (χ4n) is 3.87. The molecule has 1 aromatic heterocycles. The molecular formula is C20H23N3O. The predicted octanol–water partition coefficient (Wildman–Crippen LogP) is 2.88. The summed E-state index contributed by atoms with van der Waals surface area (Å²) in [5.74, 6) is 0.494. The Morgan fingerprint density at radius 2 is 1.79 bits per heavy atom. The van der Waals surface area contributed by atoms with Gasteiger partial charge < -0.3 is 4.90 Å². The smallest absolute Gasteiger partial charge is 0.230 e. The molecule has 1 aromatic carbocycles. The molecule has 0 N–H and O–H groups in total. The first kappa shape index (κ1) is 15.3. The van der Waals surface area contributed by atoms with E-state index in [0.717, 1.165) is 51.1 Å². The van der Waals surface area contributed by atoms with Gasteiger partial charge in [-0.1, -0.05) is 18.2 Å². The van der Waals surface area contributed by atoms with Crippen LogP contribution in [-0.4, -0.2) is 35.4 Å². The van der Waals surface area contributed by atoms with Crippen molar-refractivity contribution in [2.75, 3.05) is 24.5 Å². The van der Waals surface area contributed by atoms with E-state index in [2.05, 4.69) is 40.2 Å². The number of benzene rings is 1. The molecule has 1 amide bonds. The molecule has 3 heterocycles. The Labute approximate surface area is 143 Å². The van der Waals surface area contributed by atoms with Gasteiger partial charge in [0.25, 0.3) is 0 Å². The summed E-state index contributed by atoms with van der Waals surface area (Å²) in [6, 6.07) is 12.4. The number of para-hydroxylation sites is 1. The summed E-state index contributed by atoms with van der Waals surface area (Å²) in [5, 5.41) is 0. The van der Waals surface area contributed by atoms with Crippen LogP contribution in [-0.2, 0) is 17.8 Å². The van der Waals surface area contributed by atoms with Crippen molar-refractivity contribution in [2.45, 2.75) is 25.8 Å². The zero-order valence-electron chi connectivity index (χ0n) is 13.9. The Morgan fingerprint density at radius 3 is 2.58 bits per heavy atom. The lowest BCUT2D eigenvalue weighted by Gasteiger charge is -2.33. The van der Waals surface area contributed by atoms with Crippen LogP contribution in [0.1, 0.15) is 24.0 Å². The fourth-order valence-corrected chi connectivity index (χ4v) is 3.87. The van der Waals surface area contributed by atoms with Gasteiger partial charge >= 0.3 is 0 Å². The lowest BCUT2D eigenvalue weighted by atomic mass is 9.95. The molecule has 1 saturated heterocycles. The number of aromatic nitrogens is 1. The van der Waals surface area contributed by atoms with E-state index < -0.39 is 0 Å². The Hall–Kier alpha value is -2.20. The van der Waals surface area contributed by atoms with E-state index in [1.807, 2.05) is 23.4 Å². The second-order valence-electron chi connectivity index (χ2n) is 6.77. The number of amides is 1. The molecule has 4 heteroatoms. The maximum absolute atomic E-state index is 12.9. The lowest BCUT2D eigenvalue weighted by molar-refractivity contribution is -0.123. The largest absolute Gasteiger partial charge is 0.312 e. The maximum Gasteiger partial charge on any atom is 0.230 e. The number of hydrogen-bond donors (Lipinski definition) is 0. The molecule has 0 radical (unpaired) electrons. The van der Waals surface area contributed by atoms with Gasteiger partial charge in [0.05, 0.1) is 0 Å². The van der Waals surface area contributed by atoms with Gasteiger partial charge in [-0.3, -0.25) is 14.7 Å². The van der Waals surface area contributed by atoms with E-state index in [1.54, 1.807) is 0 Å². The second kappa shape index (κ2) is 6.73. The molecule has 0 aliphatic carbocycles. The molecule has 2 aliphatic heterocycles. The van der Waals surface area contributed by atoms with E-state index in [4.69, 9.17) is 0 Å². The Morgan fingerprint density at radius 1 is 1.04 bits per heavy atom. The molecule has 2 aromatic rings. The SMILES string of the molecule is O=C(C1CCN(Cc2ccncc2)CC1)N1CCc2ccccc21. The van der Waals surface area contributed by atoms with Crippen molar-refractivity contribution >= 4 is 11.6 Å². The number of carbonyl (C=O) groups is 1. The van der Waals surface area contributed by atoms with Crippen LogP contribution >= 0.6 is 0 Å². The summed E-state index contributed by atoms with van der Waals surface area (Å²) in [5.41, 5.74) is 3.73. The molecule has 1 fully saturated rings. The van der Waals surface area contributed by atoms with Crippen LogP contribution in [0.25, 0.3) is 0 Å². The summed E-state index contributed by atoms with van der Waals surface area (Å²) in [6.07, 6.45) is 6.60. The predicted molar refractivity (Wildman–Crippen MR) is 94.7 cm³/mol. The van der Waals surface area contributed by atoms with E-state index >= 15 is 0 Å². The van der Waals surface area contributed by atoms with E-state index in [9.17, 15) is 4.79 Å². The number of likely N-dealkylation sites (tertiary alicyclic amines) is 1. The van der Waals surface area contributed by atoms with E-state index in [0.29, 0.717) is 5.91 Å². The Kier molecular flexibility index (Phi) is 4.30. The van der Waals surface area contributed by atoms with Crippen LogP contribution in [0, 0.1) is 5.92 Å². The normalized spacial score (nSPS) is 18.6. The van der Waals surface area contributed by atoms with Crippen LogP contribution in [0.3, 0.4) is 0 Å². The quantitative estimate of drug-likeness (QED) is 0.872. The highest BCUT2D eigenvalue weighted by molar-refractivity contribution is 5.97. The second-order valence-corrected chi connectivity index (χ2v) is 6.77. The van der Waals surface area contributed by atoms with E-state index in [-0.39, 0.29) is 5.92 Å². The van der Waals surface area contributed by atoms with Gasteiger partial charge in [-0.15, -0.1) is 0 Å². The molecule has 24 heavy (non-hydrogen) atoms. The minimum atomic E-state index is 0.171. The van der Waals surface area contributed by atoms with Crippen LogP contribution in [0.5, 0.6) is 0 Å². The molecule has 124 valence electrons. The van der Waals surface area contributed by atoms with Gasteiger partial charge in [-0.25, -0.2) is 0 Å². The third-order valence-corrected chi connectivity index (χ3v) is 5.25. The van der Waals surface area contributed by atoms with Crippen LogP contribution in [0.2, 0.25) is 0 Å². The summed E-state index contributed by atoms with van der Waals surface area (Å²) in [4.78, 5) is 21.4. The summed E-state index contributed by atoms with van der Waals surface area (Å²) >= 11 is 0. The number of fused-ring (bicyclic) bond motifs is 1. The third kappa shape index (κ3) is 3.06. The van der Waals surface area contributed by atoms with Crippen LogP contribution < -0.4 is 4.90 Å². The molecule has 0 atom stereocenters. The maximum atomic E-state index is 12.9. The van der Waals surface area contributed by atoms with Crippen molar-refractivity contribution in [1.29, 1.82) is 0 Å². The van der Waals surface area contributed by atoms with Gasteiger partial charge in [-0.2, -0.15) is 0 Å². The van der Waals surface area contributed by atoms with Crippen molar-refractivity contribution in [3.05, 3.63) is 59.9 Å². The first-order valence-electron chi connectivity index (χ1n) is 8.82. The zero-order chi connectivity index (χ0) is 16.4. The van der Waals surface area contributed by atoms with Gasteiger partial charge in [0.15, 0.2) is 0 Å². The Balaban J connectivity index is 1.35. The van der Waals surface area contributed by atoms with Crippen LogP contribution in [0.4, 0.5) is 5.69 Å². The molecule has 0 bridgehead atoms. The van der Waals surface area contributed by atoms with Gasteiger partial charge in [0, 0.05) is 37.1 Å². The van der Waals surface area contributed by atoms with Crippen molar-refractivity contribution in [1.82, 2.24) is 9.88 Å². The number of pyridine rings is 1. The summed E-state index contributed by atoms with van der Waals surface area (Å²) in [7, 11) is 0. The average Bonchev–Trinajstić information content (AvgIpc) is 3.07. The van der Waals surface area contributed by atoms with Gasteiger partial charge in [-0.05, 0) is 61.7 Å². The molecular weight excluding hydrogens is 298 g/mol. The first-order valence-corrected chi connectivity index (χ1v) is 8.82. The minimum absolute atomic E-state index is 0.171. The number of carbonyl (C=O) groups excluding carboxylic acids is 1. The number of anilines is 1. The zero-order valence-corrected chi connectivity index (χ0v) is 13.9. The molecule has 0 unspecified atom stereocenters. The highest BCUT2D eigenvalue weighted by Gasteiger charge is 2.32. The third-order valence-electron chi connectivity index (χ3n) is 5.25. The highest BCUT2D eigenvalue weighted by Crippen LogP contribution is 2.31. The van der Waals surface area contributed by atoms with E-state index in [1.165, 1.54) is 11.1 Å². The monoisotopic (exact) mass is 321 g/mol. The highest BCUT2D eigenvalue weighted by atomic mass is 16.2. The Bertz CT molecular complexity index is 708. The molecule has 0 saturated carbocycles. The average molecular weight is 321 g/mol. The molecule has 4 nitrogen and oxygen atoms in total. The first-order chi connectivity index (χ1) is 11.8. The fraction of sp³-hybridized carbons (Fsp3) is 0.400. The van der Waals surface area contributed by atoms with Crippen molar-refractivity contribution < 1.29 is 4.79 Å². The lowest BCUT2D eigenvalue weighted by Crippen LogP contribution is -2.41. The van der Waals surface area contributed by atoms with Gasteiger partial charge in [0.1, 0.15) is 0 Å².